The van der Waals surface area contributed by atoms with Gasteiger partial charge in [0.1, 0.15) is 0 Å². The molecule has 5 heteroatoms. The van der Waals surface area contributed by atoms with Crippen molar-refractivity contribution in [2.75, 3.05) is 5.32 Å². The summed E-state index contributed by atoms with van der Waals surface area (Å²) in [6, 6.07) is 7.73. The molecule has 1 aromatic heterocycles. The molecule has 1 heterocycles. The number of fused-ring (bicyclic) bond motifs is 1. The molecular formula is C14H20N4O. The van der Waals surface area contributed by atoms with Crippen LogP contribution in [0, 0.1) is 0 Å². The lowest BCUT2D eigenvalue weighted by molar-refractivity contribution is -0.116. The van der Waals surface area contributed by atoms with Gasteiger partial charge in [0.05, 0.1) is 11.0 Å². The van der Waals surface area contributed by atoms with Crippen LogP contribution < -0.4 is 11.1 Å². The molecule has 0 radical (unpaired) electrons. The molecule has 1 amide bonds. The average Bonchev–Trinajstić information content (AvgIpc) is 2.67. The Kier molecular flexibility index (Phi) is 4.16. The standard InChI is InChI=1S/C14H20N4O/c1-3-8-18-12-7-5-4-6-11(12)16-14(18)17-13(19)9-10(2)15/h4-7,10H,3,8-9,15H2,1-2H3,(H,16,17,19). The molecule has 0 aliphatic heterocycles. The number of imidazole rings is 1. The summed E-state index contributed by atoms with van der Waals surface area (Å²) < 4.78 is 2.04. The van der Waals surface area contributed by atoms with Crippen LogP contribution in [-0.4, -0.2) is 21.5 Å². The molecular weight excluding hydrogens is 240 g/mol. The van der Waals surface area contributed by atoms with E-state index < -0.39 is 0 Å². The van der Waals surface area contributed by atoms with Crippen molar-refractivity contribution >= 4 is 22.9 Å². The summed E-state index contributed by atoms with van der Waals surface area (Å²) in [6.07, 6.45) is 1.28. The number of nitrogens with one attached hydrogen (secondary N) is 1. The van der Waals surface area contributed by atoms with Gasteiger partial charge in [-0.25, -0.2) is 4.98 Å². The first-order chi connectivity index (χ1) is 9.11. The first kappa shape index (κ1) is 13.5. The number of amides is 1. The third kappa shape index (κ3) is 3.12. The Balaban J connectivity index is 2.31. The maximum Gasteiger partial charge on any atom is 0.228 e. The Bertz CT molecular complexity index is 574. The van der Waals surface area contributed by atoms with Gasteiger partial charge in [0.25, 0.3) is 0 Å². The zero-order chi connectivity index (χ0) is 13.8. The number of anilines is 1. The predicted octanol–water partition coefficient (Wildman–Crippen LogP) is 2.12. The first-order valence-electron chi connectivity index (χ1n) is 6.62. The van der Waals surface area contributed by atoms with Crippen molar-refractivity contribution in [2.45, 2.75) is 39.3 Å². The summed E-state index contributed by atoms with van der Waals surface area (Å²) in [7, 11) is 0. The van der Waals surface area contributed by atoms with E-state index in [0.717, 1.165) is 24.0 Å². The van der Waals surface area contributed by atoms with E-state index in [1.807, 2.05) is 35.8 Å². The van der Waals surface area contributed by atoms with Gasteiger partial charge in [-0.1, -0.05) is 19.1 Å². The molecule has 1 unspecified atom stereocenters. The van der Waals surface area contributed by atoms with Crippen LogP contribution in [0.4, 0.5) is 5.95 Å². The zero-order valence-corrected chi connectivity index (χ0v) is 11.4. The lowest BCUT2D eigenvalue weighted by Crippen LogP contribution is -2.25. The molecule has 0 aliphatic rings. The van der Waals surface area contributed by atoms with Crippen molar-refractivity contribution in [1.82, 2.24) is 9.55 Å². The minimum absolute atomic E-state index is 0.0948. The minimum Gasteiger partial charge on any atom is -0.327 e. The van der Waals surface area contributed by atoms with E-state index in [0.29, 0.717) is 12.4 Å². The number of aryl methyl sites for hydroxylation is 1. The summed E-state index contributed by atoms with van der Waals surface area (Å²) in [5.74, 6) is 0.511. The highest BCUT2D eigenvalue weighted by atomic mass is 16.1. The molecule has 1 atom stereocenters. The average molecular weight is 260 g/mol. The fourth-order valence-electron chi connectivity index (χ4n) is 2.09. The van der Waals surface area contributed by atoms with Gasteiger partial charge in [0, 0.05) is 19.0 Å². The lowest BCUT2D eigenvalue weighted by atomic mass is 10.2. The minimum atomic E-state index is -0.149. The molecule has 102 valence electrons. The van der Waals surface area contributed by atoms with E-state index in [9.17, 15) is 4.79 Å². The normalized spacial score (nSPS) is 12.6. The van der Waals surface area contributed by atoms with Crippen LogP contribution in [0.25, 0.3) is 11.0 Å². The molecule has 0 aliphatic carbocycles. The molecule has 5 nitrogen and oxygen atoms in total. The van der Waals surface area contributed by atoms with E-state index in [1.54, 1.807) is 0 Å². The smallest absolute Gasteiger partial charge is 0.228 e. The third-order valence-corrected chi connectivity index (χ3v) is 2.86. The van der Waals surface area contributed by atoms with Crippen LogP contribution in [-0.2, 0) is 11.3 Å². The van der Waals surface area contributed by atoms with E-state index in [2.05, 4.69) is 17.2 Å². The number of rotatable bonds is 5. The summed E-state index contributed by atoms with van der Waals surface area (Å²) >= 11 is 0. The molecule has 0 fully saturated rings. The van der Waals surface area contributed by atoms with Crippen molar-refractivity contribution in [3.63, 3.8) is 0 Å². The number of carbonyl (C=O) groups excluding carboxylic acids is 1. The highest BCUT2D eigenvalue weighted by Gasteiger charge is 2.13. The number of hydrogen-bond donors (Lipinski definition) is 2. The second-order valence-corrected chi connectivity index (χ2v) is 4.81. The molecule has 2 aromatic rings. The number of carbonyl (C=O) groups is 1. The summed E-state index contributed by atoms with van der Waals surface area (Å²) in [6.45, 7) is 4.74. The lowest BCUT2D eigenvalue weighted by Gasteiger charge is -2.09. The molecule has 19 heavy (non-hydrogen) atoms. The van der Waals surface area contributed by atoms with Crippen LogP contribution in [0.3, 0.4) is 0 Å². The van der Waals surface area contributed by atoms with Crippen LogP contribution in [0.1, 0.15) is 26.7 Å². The first-order valence-corrected chi connectivity index (χ1v) is 6.62. The third-order valence-electron chi connectivity index (χ3n) is 2.86. The fourth-order valence-corrected chi connectivity index (χ4v) is 2.09. The zero-order valence-electron chi connectivity index (χ0n) is 11.4. The van der Waals surface area contributed by atoms with Gasteiger partial charge in [0.2, 0.25) is 11.9 Å². The predicted molar refractivity (Wildman–Crippen MR) is 76.9 cm³/mol. The van der Waals surface area contributed by atoms with Gasteiger partial charge in [-0.05, 0) is 25.5 Å². The Morgan fingerprint density at radius 3 is 2.89 bits per heavy atom. The fraction of sp³-hybridized carbons (Fsp3) is 0.429. The van der Waals surface area contributed by atoms with Crippen molar-refractivity contribution in [1.29, 1.82) is 0 Å². The number of nitrogens with zero attached hydrogens (tertiary/aromatic N) is 2. The Morgan fingerprint density at radius 2 is 2.21 bits per heavy atom. The van der Waals surface area contributed by atoms with Gasteiger partial charge in [0.15, 0.2) is 0 Å². The maximum absolute atomic E-state index is 11.8. The van der Waals surface area contributed by atoms with Gasteiger partial charge in [-0.15, -0.1) is 0 Å². The topological polar surface area (TPSA) is 72.9 Å². The maximum atomic E-state index is 11.8. The molecule has 0 saturated carbocycles. The van der Waals surface area contributed by atoms with Gasteiger partial charge in [-0.3, -0.25) is 10.1 Å². The van der Waals surface area contributed by atoms with Gasteiger partial charge in [-0.2, -0.15) is 0 Å². The Hall–Kier alpha value is -1.88. The molecule has 0 bridgehead atoms. The van der Waals surface area contributed by atoms with E-state index >= 15 is 0 Å². The second-order valence-electron chi connectivity index (χ2n) is 4.81. The molecule has 0 spiro atoms. The van der Waals surface area contributed by atoms with Crippen molar-refractivity contribution in [3.8, 4) is 0 Å². The van der Waals surface area contributed by atoms with Crippen LogP contribution in [0.15, 0.2) is 24.3 Å². The van der Waals surface area contributed by atoms with Crippen LogP contribution in [0.2, 0.25) is 0 Å². The van der Waals surface area contributed by atoms with Crippen molar-refractivity contribution in [2.24, 2.45) is 5.73 Å². The van der Waals surface area contributed by atoms with Crippen molar-refractivity contribution in [3.05, 3.63) is 24.3 Å². The molecule has 2 rings (SSSR count). The van der Waals surface area contributed by atoms with Gasteiger partial charge >= 0.3 is 0 Å². The van der Waals surface area contributed by atoms with Crippen molar-refractivity contribution < 1.29 is 4.79 Å². The molecule has 3 N–H and O–H groups in total. The quantitative estimate of drug-likeness (QED) is 0.865. The number of benzene rings is 1. The number of para-hydroxylation sites is 2. The van der Waals surface area contributed by atoms with E-state index in [1.165, 1.54) is 0 Å². The highest BCUT2D eigenvalue weighted by molar-refractivity contribution is 5.91. The Morgan fingerprint density at radius 1 is 1.47 bits per heavy atom. The number of aromatic nitrogens is 2. The summed E-state index contributed by atoms with van der Waals surface area (Å²) in [4.78, 5) is 16.3. The van der Waals surface area contributed by atoms with E-state index in [-0.39, 0.29) is 11.9 Å². The van der Waals surface area contributed by atoms with Crippen LogP contribution in [0.5, 0.6) is 0 Å². The largest absolute Gasteiger partial charge is 0.327 e. The monoisotopic (exact) mass is 260 g/mol. The van der Waals surface area contributed by atoms with Gasteiger partial charge < -0.3 is 10.3 Å². The number of nitrogens with two attached hydrogens (primary N) is 1. The molecule has 0 saturated heterocycles. The molecule has 1 aromatic carbocycles. The summed E-state index contributed by atoms with van der Waals surface area (Å²) in [5, 5.41) is 2.85. The second kappa shape index (κ2) is 5.84. The number of hydrogen-bond acceptors (Lipinski definition) is 3. The SMILES string of the molecule is CCCn1c(NC(=O)CC(C)N)nc2ccccc21. The highest BCUT2D eigenvalue weighted by Crippen LogP contribution is 2.20. The van der Waals surface area contributed by atoms with Crippen LogP contribution >= 0.6 is 0 Å². The van der Waals surface area contributed by atoms with E-state index in [4.69, 9.17) is 5.73 Å². The Labute approximate surface area is 112 Å². The summed E-state index contributed by atoms with van der Waals surface area (Å²) in [5.41, 5.74) is 7.57.